The first-order valence-electron chi connectivity index (χ1n) is 6.97. The summed E-state index contributed by atoms with van der Waals surface area (Å²) in [6, 6.07) is 0. The third-order valence-electron chi connectivity index (χ3n) is 3.95. The highest BCUT2D eigenvalue weighted by molar-refractivity contribution is 7.87. The van der Waals surface area contributed by atoms with Crippen molar-refractivity contribution >= 4 is 10.2 Å². The van der Waals surface area contributed by atoms with Gasteiger partial charge in [-0.05, 0) is 20.8 Å². The van der Waals surface area contributed by atoms with Gasteiger partial charge in [-0.3, -0.25) is 0 Å². The molecule has 2 fully saturated rings. The van der Waals surface area contributed by atoms with Gasteiger partial charge >= 0.3 is 0 Å². The van der Waals surface area contributed by atoms with Gasteiger partial charge in [0.15, 0.2) is 0 Å². The van der Waals surface area contributed by atoms with Crippen molar-refractivity contribution in [1.29, 1.82) is 0 Å². The summed E-state index contributed by atoms with van der Waals surface area (Å²) in [6.07, 6.45) is -0.195. The molecule has 118 valence electrons. The van der Waals surface area contributed by atoms with Crippen LogP contribution in [0.15, 0.2) is 0 Å². The van der Waals surface area contributed by atoms with E-state index in [1.165, 1.54) is 4.31 Å². The maximum atomic E-state index is 12.3. The van der Waals surface area contributed by atoms with Crippen LogP contribution in [0.4, 0.5) is 0 Å². The van der Waals surface area contributed by atoms with Gasteiger partial charge in [-0.2, -0.15) is 17.4 Å². The Morgan fingerprint density at radius 3 is 2.40 bits per heavy atom. The molecule has 0 aromatic rings. The molecule has 7 nitrogen and oxygen atoms in total. The van der Waals surface area contributed by atoms with Gasteiger partial charge in [-0.15, -0.1) is 0 Å². The zero-order valence-electron chi connectivity index (χ0n) is 12.2. The van der Waals surface area contributed by atoms with E-state index >= 15 is 0 Å². The number of hydrogen-bond donors (Lipinski definition) is 2. The summed E-state index contributed by atoms with van der Waals surface area (Å²) in [5.74, 6) is 0. The highest BCUT2D eigenvalue weighted by atomic mass is 32.2. The van der Waals surface area contributed by atoms with Gasteiger partial charge in [-0.1, -0.05) is 0 Å². The molecule has 2 heterocycles. The molecule has 0 spiro atoms. The molecule has 2 aliphatic heterocycles. The van der Waals surface area contributed by atoms with E-state index < -0.39 is 15.8 Å². The summed E-state index contributed by atoms with van der Waals surface area (Å²) in [4.78, 5) is 0. The first-order chi connectivity index (χ1) is 9.23. The van der Waals surface area contributed by atoms with E-state index in [0.29, 0.717) is 26.1 Å². The third-order valence-corrected chi connectivity index (χ3v) is 5.43. The van der Waals surface area contributed by atoms with Crippen molar-refractivity contribution in [3.8, 4) is 0 Å². The summed E-state index contributed by atoms with van der Waals surface area (Å²) in [6.45, 7) is 6.51. The summed E-state index contributed by atoms with van der Waals surface area (Å²) >= 11 is 0. The van der Waals surface area contributed by atoms with Crippen molar-refractivity contribution in [1.82, 2.24) is 9.03 Å². The summed E-state index contributed by atoms with van der Waals surface area (Å²) in [5.41, 5.74) is -1.13. The van der Waals surface area contributed by atoms with Crippen LogP contribution in [0.25, 0.3) is 0 Å². The van der Waals surface area contributed by atoms with Gasteiger partial charge in [0, 0.05) is 32.7 Å². The highest BCUT2D eigenvalue weighted by Gasteiger charge is 2.41. The molecule has 0 radical (unpaired) electrons. The molecule has 4 atom stereocenters. The predicted molar refractivity (Wildman–Crippen MR) is 73.5 cm³/mol. The Kier molecular flexibility index (Phi) is 4.73. The number of nitrogens with zero attached hydrogens (tertiary/aromatic N) is 1. The van der Waals surface area contributed by atoms with Crippen LogP contribution >= 0.6 is 0 Å². The Hall–Kier alpha value is -0.250. The van der Waals surface area contributed by atoms with Crippen LogP contribution in [0.3, 0.4) is 0 Å². The van der Waals surface area contributed by atoms with Crippen LogP contribution < -0.4 is 4.72 Å². The van der Waals surface area contributed by atoms with Gasteiger partial charge in [0.05, 0.1) is 18.3 Å². The summed E-state index contributed by atoms with van der Waals surface area (Å²) in [7, 11) is -3.61. The fraction of sp³-hybridized carbons (Fsp3) is 1.00. The second kappa shape index (κ2) is 5.86. The van der Waals surface area contributed by atoms with E-state index in [2.05, 4.69) is 4.72 Å². The number of ether oxygens (including phenoxy) is 2. The number of rotatable bonds is 4. The number of hydrogen-bond acceptors (Lipinski definition) is 5. The zero-order chi connectivity index (χ0) is 15.0. The summed E-state index contributed by atoms with van der Waals surface area (Å²) < 4.78 is 39.3. The Morgan fingerprint density at radius 2 is 1.90 bits per heavy atom. The molecule has 0 bridgehead atoms. The van der Waals surface area contributed by atoms with E-state index in [0.717, 1.165) is 0 Å². The van der Waals surface area contributed by atoms with Crippen molar-refractivity contribution in [3.63, 3.8) is 0 Å². The predicted octanol–water partition coefficient (Wildman–Crippen LogP) is -0.530. The molecule has 2 aliphatic rings. The van der Waals surface area contributed by atoms with Gasteiger partial charge in [0.1, 0.15) is 5.60 Å². The molecule has 2 rings (SSSR count). The largest absolute Gasteiger partial charge is 0.386 e. The maximum Gasteiger partial charge on any atom is 0.279 e. The summed E-state index contributed by atoms with van der Waals surface area (Å²) in [5, 5.41) is 10.3. The minimum absolute atomic E-state index is 0.0311. The van der Waals surface area contributed by atoms with Gasteiger partial charge in [-0.25, -0.2) is 0 Å². The van der Waals surface area contributed by atoms with Crippen LogP contribution in [0.1, 0.15) is 27.2 Å². The molecule has 0 amide bonds. The highest BCUT2D eigenvalue weighted by Crippen LogP contribution is 2.25. The average molecular weight is 308 g/mol. The van der Waals surface area contributed by atoms with Crippen molar-refractivity contribution in [2.24, 2.45) is 0 Å². The fourth-order valence-corrected chi connectivity index (χ4v) is 4.06. The lowest BCUT2D eigenvalue weighted by atomic mass is 9.97. The minimum atomic E-state index is -3.61. The number of nitrogens with one attached hydrogen (secondary N) is 1. The zero-order valence-corrected chi connectivity index (χ0v) is 13.0. The lowest BCUT2D eigenvalue weighted by Gasteiger charge is -2.35. The normalized spacial score (nSPS) is 40.1. The van der Waals surface area contributed by atoms with Crippen LogP contribution in [-0.4, -0.2) is 68.0 Å². The molecule has 4 unspecified atom stereocenters. The fourth-order valence-electron chi connectivity index (χ4n) is 2.64. The van der Waals surface area contributed by atoms with E-state index in [1.54, 1.807) is 6.92 Å². The van der Waals surface area contributed by atoms with Gasteiger partial charge in [0.25, 0.3) is 10.2 Å². The SMILES string of the molecule is CC1CN(S(=O)(=O)NCC2(O)CCOC2C)CC(C)O1. The first-order valence-corrected chi connectivity index (χ1v) is 8.41. The Balaban J connectivity index is 1.97. The molecule has 0 aromatic heterocycles. The quantitative estimate of drug-likeness (QED) is 0.729. The molecule has 8 heteroatoms. The molecular formula is C12H24N2O5S. The average Bonchev–Trinajstić information content (AvgIpc) is 2.67. The molecule has 0 saturated carbocycles. The van der Waals surface area contributed by atoms with E-state index in [1.807, 2.05) is 13.8 Å². The smallest absolute Gasteiger partial charge is 0.279 e. The van der Waals surface area contributed by atoms with Crippen molar-refractivity contribution in [2.75, 3.05) is 26.2 Å². The van der Waals surface area contributed by atoms with Crippen molar-refractivity contribution in [3.05, 3.63) is 0 Å². The molecule has 0 aromatic carbocycles. The second-order valence-electron chi connectivity index (χ2n) is 5.77. The minimum Gasteiger partial charge on any atom is -0.386 e. The van der Waals surface area contributed by atoms with Crippen molar-refractivity contribution in [2.45, 2.75) is 51.1 Å². The monoisotopic (exact) mass is 308 g/mol. The van der Waals surface area contributed by atoms with E-state index in [9.17, 15) is 13.5 Å². The maximum absolute atomic E-state index is 12.3. The van der Waals surface area contributed by atoms with E-state index in [4.69, 9.17) is 9.47 Å². The molecule has 20 heavy (non-hydrogen) atoms. The molecule has 0 aliphatic carbocycles. The van der Waals surface area contributed by atoms with Gasteiger partial charge < -0.3 is 14.6 Å². The Morgan fingerprint density at radius 1 is 1.30 bits per heavy atom. The second-order valence-corrected chi connectivity index (χ2v) is 7.52. The van der Waals surface area contributed by atoms with Crippen LogP contribution in [-0.2, 0) is 19.7 Å². The van der Waals surface area contributed by atoms with E-state index in [-0.39, 0.29) is 24.9 Å². The topological polar surface area (TPSA) is 88.1 Å². The van der Waals surface area contributed by atoms with Gasteiger partial charge in [0.2, 0.25) is 0 Å². The molecule has 2 N–H and O–H groups in total. The lowest BCUT2D eigenvalue weighted by Crippen LogP contribution is -2.55. The third kappa shape index (κ3) is 3.49. The van der Waals surface area contributed by atoms with Crippen LogP contribution in [0.5, 0.6) is 0 Å². The standard InChI is InChI=1S/C12H24N2O5S/c1-9-6-14(7-10(2)19-9)20(16,17)13-8-12(15)4-5-18-11(12)3/h9-11,13,15H,4-8H2,1-3H3. The Bertz CT molecular complexity index is 433. The molecule has 2 saturated heterocycles. The Labute approximate surface area is 120 Å². The number of morpholine rings is 1. The van der Waals surface area contributed by atoms with Crippen molar-refractivity contribution < 1.29 is 23.0 Å². The number of aliphatic hydroxyl groups is 1. The first kappa shape index (κ1) is 16.1. The van der Waals surface area contributed by atoms with Crippen LogP contribution in [0.2, 0.25) is 0 Å². The lowest BCUT2D eigenvalue weighted by molar-refractivity contribution is -0.0452. The van der Waals surface area contributed by atoms with Crippen LogP contribution in [0, 0.1) is 0 Å². The molecular weight excluding hydrogens is 284 g/mol.